The molecule has 1 amide bonds. The number of amides is 1. The Hall–Kier alpha value is -2.05. The minimum atomic E-state index is -1.08. The van der Waals surface area contributed by atoms with Crippen LogP contribution in [0.2, 0.25) is 0 Å². The second-order valence-corrected chi connectivity index (χ2v) is 9.42. The first-order valence-corrected chi connectivity index (χ1v) is 11.4. The van der Waals surface area contributed by atoms with E-state index in [-0.39, 0.29) is 23.9 Å². The molecule has 1 N–H and O–H groups in total. The Morgan fingerprint density at radius 2 is 2.04 bits per heavy atom. The van der Waals surface area contributed by atoms with Gasteiger partial charge in [0.2, 0.25) is 5.91 Å². The standard InChI is InChI=1S/C22H27N3O2S/c1-13-6-5-7-20(23-13)24-21-14(2)22(16-8-9-16)25(15(3)26)19-11-10-17(28(4)27)12-18(19)21/h5-7,10-12,14,16,21-22H,8-9H2,1-4H3,(H,23,24)/t14-,21-,22-,28?/m1/s1. The van der Waals surface area contributed by atoms with Crippen molar-refractivity contribution < 1.29 is 9.35 Å². The molecular weight excluding hydrogens is 370 g/mol. The third kappa shape index (κ3) is 3.51. The molecule has 1 aliphatic heterocycles. The normalized spacial score (nSPS) is 25.2. The third-order valence-corrected chi connectivity index (χ3v) is 6.84. The Morgan fingerprint density at radius 1 is 1.29 bits per heavy atom. The molecule has 148 valence electrons. The number of aryl methyl sites for hydroxylation is 1. The zero-order chi connectivity index (χ0) is 20.0. The van der Waals surface area contributed by atoms with Gasteiger partial charge in [-0.3, -0.25) is 4.79 Å². The fourth-order valence-electron chi connectivity index (χ4n) is 4.51. The Bertz CT molecular complexity index is 897. The number of benzene rings is 1. The van der Waals surface area contributed by atoms with Crippen LogP contribution in [0.3, 0.4) is 0 Å². The number of hydrogen-bond donors (Lipinski definition) is 1. The molecule has 5 nitrogen and oxygen atoms in total. The second-order valence-electron chi connectivity index (χ2n) is 8.04. The number of pyridine rings is 1. The van der Waals surface area contributed by atoms with E-state index in [1.165, 1.54) is 12.8 Å². The maximum atomic E-state index is 12.6. The van der Waals surface area contributed by atoms with Gasteiger partial charge in [-0.1, -0.05) is 13.0 Å². The number of carbonyl (C=O) groups is 1. The van der Waals surface area contributed by atoms with Crippen molar-refractivity contribution in [1.29, 1.82) is 0 Å². The van der Waals surface area contributed by atoms with Gasteiger partial charge in [-0.25, -0.2) is 4.98 Å². The number of fused-ring (bicyclic) bond motifs is 1. The maximum absolute atomic E-state index is 12.6. The minimum absolute atomic E-state index is 0.00833. The van der Waals surface area contributed by atoms with Gasteiger partial charge in [-0.15, -0.1) is 0 Å². The summed E-state index contributed by atoms with van der Waals surface area (Å²) in [5, 5.41) is 3.62. The number of nitrogens with zero attached hydrogens (tertiary/aromatic N) is 2. The molecule has 1 aromatic heterocycles. The zero-order valence-corrected chi connectivity index (χ0v) is 17.6. The number of carbonyl (C=O) groups excluding carboxylic acids is 1. The molecule has 0 bridgehead atoms. The lowest BCUT2D eigenvalue weighted by Crippen LogP contribution is -2.51. The van der Waals surface area contributed by atoms with Crippen LogP contribution in [-0.2, 0) is 16.0 Å². The van der Waals surface area contributed by atoms with Crippen molar-refractivity contribution in [3.8, 4) is 0 Å². The molecule has 2 aliphatic rings. The lowest BCUT2D eigenvalue weighted by Gasteiger charge is -2.45. The van der Waals surface area contributed by atoms with Gasteiger partial charge in [-0.2, -0.15) is 0 Å². The van der Waals surface area contributed by atoms with E-state index in [9.17, 15) is 9.35 Å². The van der Waals surface area contributed by atoms with Crippen LogP contribution in [0.5, 0.6) is 0 Å². The summed E-state index contributed by atoms with van der Waals surface area (Å²) in [5.41, 5.74) is 2.92. The summed E-state index contributed by atoms with van der Waals surface area (Å²) in [6, 6.07) is 12.0. The summed E-state index contributed by atoms with van der Waals surface area (Å²) in [5.74, 6) is 1.66. The Kier molecular flexibility index (Phi) is 5.10. The molecule has 1 saturated carbocycles. The summed E-state index contributed by atoms with van der Waals surface area (Å²) in [7, 11) is 0. The predicted octanol–water partition coefficient (Wildman–Crippen LogP) is 4.06. The minimum Gasteiger partial charge on any atom is -0.612 e. The average Bonchev–Trinajstić information content (AvgIpc) is 3.47. The first-order valence-electron chi connectivity index (χ1n) is 9.84. The summed E-state index contributed by atoms with van der Waals surface area (Å²) in [6.45, 7) is 5.84. The van der Waals surface area contributed by atoms with E-state index in [4.69, 9.17) is 0 Å². The van der Waals surface area contributed by atoms with Crippen LogP contribution in [0.25, 0.3) is 0 Å². The Morgan fingerprint density at radius 3 is 2.64 bits per heavy atom. The number of nitrogens with one attached hydrogen (secondary N) is 1. The van der Waals surface area contributed by atoms with Crippen LogP contribution in [0.15, 0.2) is 41.3 Å². The van der Waals surface area contributed by atoms with Crippen LogP contribution in [0, 0.1) is 18.8 Å². The van der Waals surface area contributed by atoms with E-state index in [1.54, 1.807) is 13.2 Å². The lowest BCUT2D eigenvalue weighted by molar-refractivity contribution is -0.117. The number of hydrogen-bond acceptors (Lipinski definition) is 4. The van der Waals surface area contributed by atoms with Gasteiger partial charge in [0.25, 0.3) is 0 Å². The summed E-state index contributed by atoms with van der Waals surface area (Å²) < 4.78 is 12.1. The fourth-order valence-corrected chi connectivity index (χ4v) is 5.06. The molecule has 1 fully saturated rings. The zero-order valence-electron chi connectivity index (χ0n) is 16.8. The van der Waals surface area contributed by atoms with Crippen molar-refractivity contribution in [3.05, 3.63) is 47.7 Å². The van der Waals surface area contributed by atoms with E-state index in [0.29, 0.717) is 5.92 Å². The highest BCUT2D eigenvalue weighted by molar-refractivity contribution is 7.90. The van der Waals surface area contributed by atoms with Gasteiger partial charge in [0, 0.05) is 41.9 Å². The fraction of sp³-hybridized carbons (Fsp3) is 0.455. The first kappa shape index (κ1) is 19.3. The van der Waals surface area contributed by atoms with Gasteiger partial charge < -0.3 is 14.8 Å². The van der Waals surface area contributed by atoms with Crippen LogP contribution in [0.4, 0.5) is 11.5 Å². The van der Waals surface area contributed by atoms with Gasteiger partial charge in [0.05, 0.1) is 6.04 Å². The lowest BCUT2D eigenvalue weighted by atomic mass is 9.80. The largest absolute Gasteiger partial charge is 0.612 e. The van der Waals surface area contributed by atoms with Crippen molar-refractivity contribution in [2.75, 3.05) is 16.5 Å². The highest BCUT2D eigenvalue weighted by Crippen LogP contribution is 2.50. The molecule has 1 aliphatic carbocycles. The van der Waals surface area contributed by atoms with Crippen LogP contribution in [-0.4, -0.2) is 27.7 Å². The second kappa shape index (κ2) is 7.41. The smallest absolute Gasteiger partial charge is 0.224 e. The number of anilines is 2. The molecule has 6 heteroatoms. The van der Waals surface area contributed by atoms with Crippen molar-refractivity contribution in [1.82, 2.24) is 4.98 Å². The molecule has 4 atom stereocenters. The van der Waals surface area contributed by atoms with E-state index in [2.05, 4.69) is 17.2 Å². The Balaban J connectivity index is 1.82. The average molecular weight is 398 g/mol. The van der Waals surface area contributed by atoms with Gasteiger partial charge in [0.15, 0.2) is 4.90 Å². The summed E-state index contributed by atoms with van der Waals surface area (Å²) in [4.78, 5) is 20.0. The molecule has 0 spiro atoms. The first-order chi connectivity index (χ1) is 13.4. The Labute approximate surface area is 169 Å². The number of rotatable bonds is 4. The highest BCUT2D eigenvalue weighted by atomic mass is 32.2. The topological polar surface area (TPSA) is 68.3 Å². The molecular formula is C22H27N3O2S. The molecule has 1 unspecified atom stereocenters. The molecule has 2 aromatic rings. The van der Waals surface area contributed by atoms with E-state index in [1.807, 2.05) is 48.2 Å². The molecule has 28 heavy (non-hydrogen) atoms. The quantitative estimate of drug-likeness (QED) is 0.790. The van der Waals surface area contributed by atoms with Crippen molar-refractivity contribution in [2.24, 2.45) is 11.8 Å². The monoisotopic (exact) mass is 397 g/mol. The van der Waals surface area contributed by atoms with Crippen LogP contribution >= 0.6 is 0 Å². The molecule has 2 heterocycles. The third-order valence-electron chi connectivity index (χ3n) is 5.92. The van der Waals surface area contributed by atoms with Gasteiger partial charge >= 0.3 is 0 Å². The maximum Gasteiger partial charge on any atom is 0.224 e. The number of aromatic nitrogens is 1. The molecule has 1 aromatic carbocycles. The van der Waals surface area contributed by atoms with Crippen LogP contribution in [0.1, 0.15) is 44.0 Å². The van der Waals surface area contributed by atoms with Crippen molar-refractivity contribution >= 4 is 28.6 Å². The van der Waals surface area contributed by atoms with E-state index < -0.39 is 11.2 Å². The van der Waals surface area contributed by atoms with Crippen molar-refractivity contribution in [3.63, 3.8) is 0 Å². The van der Waals surface area contributed by atoms with Crippen molar-refractivity contribution in [2.45, 2.75) is 50.6 Å². The summed E-state index contributed by atoms with van der Waals surface area (Å²) >= 11 is -1.08. The summed E-state index contributed by atoms with van der Waals surface area (Å²) in [6.07, 6.45) is 4.02. The molecule has 0 radical (unpaired) electrons. The van der Waals surface area contributed by atoms with E-state index >= 15 is 0 Å². The SMILES string of the molecule is CC(=O)N1c2ccc([S+](C)[O-])cc2[C@H](Nc2cccc(C)n2)[C@@H](C)[C@@H]1C1CC1. The van der Waals surface area contributed by atoms with Gasteiger partial charge in [0.1, 0.15) is 12.1 Å². The van der Waals surface area contributed by atoms with Crippen LogP contribution < -0.4 is 10.2 Å². The van der Waals surface area contributed by atoms with E-state index in [0.717, 1.165) is 27.7 Å². The highest BCUT2D eigenvalue weighted by Gasteiger charge is 2.47. The molecule has 4 rings (SSSR count). The predicted molar refractivity (Wildman–Crippen MR) is 113 cm³/mol. The van der Waals surface area contributed by atoms with Gasteiger partial charge in [-0.05, 0) is 61.1 Å². The molecule has 0 saturated heterocycles.